The van der Waals surface area contributed by atoms with Crippen molar-refractivity contribution in [3.63, 3.8) is 0 Å². The van der Waals surface area contributed by atoms with E-state index < -0.39 is 30.7 Å². The lowest BCUT2D eigenvalue weighted by molar-refractivity contribution is -0.218. The number of ether oxygens (including phenoxy) is 2. The van der Waals surface area contributed by atoms with Gasteiger partial charge in [0, 0.05) is 5.39 Å². The summed E-state index contributed by atoms with van der Waals surface area (Å²) in [5.41, 5.74) is 5.67. The van der Waals surface area contributed by atoms with Gasteiger partial charge in [-0.2, -0.15) is 0 Å². The Balaban J connectivity index is 1.94. The van der Waals surface area contributed by atoms with Gasteiger partial charge in [-0.15, -0.1) is 0 Å². The van der Waals surface area contributed by atoms with Gasteiger partial charge in [0.2, 0.25) is 6.29 Å². The third-order valence-electron chi connectivity index (χ3n) is 3.96. The van der Waals surface area contributed by atoms with Crippen LogP contribution in [-0.4, -0.2) is 40.9 Å². The number of halogens is 1. The van der Waals surface area contributed by atoms with E-state index in [-0.39, 0.29) is 11.5 Å². The average Bonchev–Trinajstić information content (AvgIpc) is 2.53. The zero-order valence-electron chi connectivity index (χ0n) is 12.0. The van der Waals surface area contributed by atoms with E-state index in [2.05, 4.69) is 0 Å². The molecule has 0 saturated carbocycles. The SMILES string of the molecule is C[C@@H]1O[C@@H](Oc2c(O)ccc3ccccc23)[C@H](F)[C@H](O)[C@H]1N. The van der Waals surface area contributed by atoms with Crippen LogP contribution in [0.4, 0.5) is 4.39 Å². The Bertz CT molecular complexity index is 680. The highest BCUT2D eigenvalue weighted by molar-refractivity contribution is 5.90. The molecule has 1 heterocycles. The fraction of sp³-hybridized carbons (Fsp3) is 0.375. The molecule has 2 aromatic carbocycles. The molecule has 0 aromatic heterocycles. The number of benzene rings is 2. The molecular weight excluding hydrogens is 289 g/mol. The number of nitrogens with two attached hydrogens (primary N) is 1. The summed E-state index contributed by atoms with van der Waals surface area (Å²) in [4.78, 5) is 0. The normalized spacial score (nSPS) is 32.1. The van der Waals surface area contributed by atoms with Gasteiger partial charge in [0.15, 0.2) is 17.7 Å². The summed E-state index contributed by atoms with van der Waals surface area (Å²) in [6, 6.07) is 9.63. The standard InChI is InChI=1S/C16H18FNO4/c1-8-13(18)14(20)12(17)16(21-8)22-15-10-5-3-2-4-9(10)6-7-11(15)19/h2-8,12-14,16,19-20H,18H2,1H3/t8-,12+,13-,14-,16-/m0/s1. The minimum Gasteiger partial charge on any atom is -0.504 e. The Labute approximate surface area is 127 Å². The molecule has 0 unspecified atom stereocenters. The second kappa shape index (κ2) is 5.72. The molecule has 3 rings (SSSR count). The summed E-state index contributed by atoms with van der Waals surface area (Å²) >= 11 is 0. The Kier molecular flexibility index (Phi) is 3.90. The monoisotopic (exact) mass is 307 g/mol. The first-order chi connectivity index (χ1) is 10.5. The van der Waals surface area contributed by atoms with Gasteiger partial charge in [-0.3, -0.25) is 0 Å². The molecule has 6 heteroatoms. The predicted octanol–water partition coefficient (Wildman–Crippen LogP) is 1.70. The van der Waals surface area contributed by atoms with E-state index in [4.69, 9.17) is 15.2 Å². The van der Waals surface area contributed by atoms with Crippen LogP contribution in [0.25, 0.3) is 10.8 Å². The number of hydrogen-bond acceptors (Lipinski definition) is 5. The van der Waals surface area contributed by atoms with Gasteiger partial charge in [-0.25, -0.2) is 4.39 Å². The number of fused-ring (bicyclic) bond motifs is 1. The van der Waals surface area contributed by atoms with Crippen molar-refractivity contribution in [1.82, 2.24) is 0 Å². The number of rotatable bonds is 2. The number of hydrogen-bond donors (Lipinski definition) is 3. The van der Waals surface area contributed by atoms with Crippen molar-refractivity contribution >= 4 is 10.8 Å². The maximum Gasteiger partial charge on any atom is 0.234 e. The summed E-state index contributed by atoms with van der Waals surface area (Å²) in [6.07, 6.45) is -5.08. The summed E-state index contributed by atoms with van der Waals surface area (Å²) < 4.78 is 25.2. The molecule has 1 aliphatic rings. The van der Waals surface area contributed by atoms with Crippen molar-refractivity contribution in [2.45, 2.75) is 37.6 Å². The van der Waals surface area contributed by atoms with E-state index >= 15 is 0 Å². The van der Waals surface area contributed by atoms with E-state index in [9.17, 15) is 14.6 Å². The largest absolute Gasteiger partial charge is 0.504 e. The smallest absolute Gasteiger partial charge is 0.234 e. The highest BCUT2D eigenvalue weighted by Gasteiger charge is 2.43. The molecule has 0 radical (unpaired) electrons. The average molecular weight is 307 g/mol. The van der Waals surface area contributed by atoms with Crippen LogP contribution in [0.5, 0.6) is 11.5 Å². The maximum absolute atomic E-state index is 14.2. The summed E-state index contributed by atoms with van der Waals surface area (Å²) in [7, 11) is 0. The fourth-order valence-electron chi connectivity index (χ4n) is 2.59. The van der Waals surface area contributed by atoms with Crippen LogP contribution < -0.4 is 10.5 Å². The first kappa shape index (κ1) is 15.0. The predicted molar refractivity (Wildman–Crippen MR) is 79.5 cm³/mol. The van der Waals surface area contributed by atoms with Gasteiger partial charge in [0.1, 0.15) is 6.10 Å². The lowest BCUT2D eigenvalue weighted by Gasteiger charge is -2.38. The second-order valence-electron chi connectivity index (χ2n) is 5.47. The molecule has 0 aliphatic carbocycles. The van der Waals surface area contributed by atoms with Crippen LogP contribution in [0.1, 0.15) is 6.92 Å². The number of aliphatic hydroxyl groups is 1. The number of aromatic hydroxyl groups is 1. The van der Waals surface area contributed by atoms with Crippen LogP contribution in [0.2, 0.25) is 0 Å². The zero-order valence-corrected chi connectivity index (χ0v) is 12.0. The van der Waals surface area contributed by atoms with Gasteiger partial charge in [-0.05, 0) is 18.4 Å². The molecule has 1 aliphatic heterocycles. The maximum atomic E-state index is 14.2. The molecule has 5 nitrogen and oxygen atoms in total. The van der Waals surface area contributed by atoms with E-state index in [0.717, 1.165) is 5.39 Å². The minimum atomic E-state index is -1.80. The number of alkyl halides is 1. The van der Waals surface area contributed by atoms with Crippen molar-refractivity contribution in [3.05, 3.63) is 36.4 Å². The van der Waals surface area contributed by atoms with Crippen LogP contribution in [0, 0.1) is 0 Å². The summed E-state index contributed by atoms with van der Waals surface area (Å²) in [5.74, 6) is 0.00661. The third-order valence-corrected chi connectivity index (χ3v) is 3.96. The van der Waals surface area contributed by atoms with E-state index in [1.54, 1.807) is 25.1 Å². The van der Waals surface area contributed by atoms with Crippen molar-refractivity contribution in [2.24, 2.45) is 5.73 Å². The van der Waals surface area contributed by atoms with Crippen LogP contribution in [0.15, 0.2) is 36.4 Å². The molecule has 0 bridgehead atoms. The lowest BCUT2D eigenvalue weighted by Crippen LogP contribution is -2.60. The van der Waals surface area contributed by atoms with Crippen LogP contribution in [0.3, 0.4) is 0 Å². The van der Waals surface area contributed by atoms with Gasteiger partial charge in [0.25, 0.3) is 0 Å². The Morgan fingerprint density at radius 3 is 2.73 bits per heavy atom. The van der Waals surface area contributed by atoms with E-state index in [1.807, 2.05) is 12.1 Å². The quantitative estimate of drug-likeness (QED) is 0.786. The van der Waals surface area contributed by atoms with Gasteiger partial charge >= 0.3 is 0 Å². The molecule has 1 saturated heterocycles. The topological polar surface area (TPSA) is 84.9 Å². The molecule has 118 valence electrons. The molecule has 0 spiro atoms. The number of phenolic OH excluding ortho intramolecular Hbond substituents is 1. The highest BCUT2D eigenvalue weighted by atomic mass is 19.1. The second-order valence-corrected chi connectivity index (χ2v) is 5.47. The van der Waals surface area contributed by atoms with Crippen molar-refractivity contribution < 1.29 is 24.1 Å². The van der Waals surface area contributed by atoms with Crippen molar-refractivity contribution in [2.75, 3.05) is 0 Å². The molecule has 5 atom stereocenters. The molecule has 0 amide bonds. The van der Waals surface area contributed by atoms with Crippen molar-refractivity contribution in [1.29, 1.82) is 0 Å². The van der Waals surface area contributed by atoms with Crippen LogP contribution >= 0.6 is 0 Å². The summed E-state index contributed by atoms with van der Waals surface area (Å²) in [6.45, 7) is 1.64. The molecular formula is C16H18FNO4. The molecule has 1 fully saturated rings. The van der Waals surface area contributed by atoms with Gasteiger partial charge < -0.3 is 25.4 Å². The molecule has 4 N–H and O–H groups in total. The fourth-order valence-corrected chi connectivity index (χ4v) is 2.59. The Morgan fingerprint density at radius 2 is 1.95 bits per heavy atom. The first-order valence-corrected chi connectivity index (χ1v) is 7.09. The van der Waals surface area contributed by atoms with Gasteiger partial charge in [-0.1, -0.05) is 30.3 Å². The Morgan fingerprint density at radius 1 is 1.23 bits per heavy atom. The lowest BCUT2D eigenvalue weighted by atomic mass is 9.99. The number of phenols is 1. The number of aliphatic hydroxyl groups excluding tert-OH is 1. The minimum absolute atomic E-state index is 0.119. The molecule has 22 heavy (non-hydrogen) atoms. The van der Waals surface area contributed by atoms with Crippen molar-refractivity contribution in [3.8, 4) is 11.5 Å². The highest BCUT2D eigenvalue weighted by Crippen LogP contribution is 2.37. The third kappa shape index (κ3) is 2.49. The molecule has 2 aromatic rings. The van der Waals surface area contributed by atoms with E-state index in [1.165, 1.54) is 6.07 Å². The van der Waals surface area contributed by atoms with Gasteiger partial charge in [0.05, 0.1) is 12.1 Å². The van der Waals surface area contributed by atoms with E-state index in [0.29, 0.717) is 5.39 Å². The Hall–Kier alpha value is -1.89. The first-order valence-electron chi connectivity index (χ1n) is 7.09. The zero-order chi connectivity index (χ0) is 15.9. The summed E-state index contributed by atoms with van der Waals surface area (Å²) in [5, 5.41) is 21.3. The van der Waals surface area contributed by atoms with Crippen LogP contribution in [-0.2, 0) is 4.74 Å².